The van der Waals surface area contributed by atoms with Crippen LogP contribution in [0.15, 0.2) is 35.3 Å². The quantitative estimate of drug-likeness (QED) is 0.223. The van der Waals surface area contributed by atoms with Gasteiger partial charge in [0.05, 0.1) is 17.2 Å². The van der Waals surface area contributed by atoms with Gasteiger partial charge in [-0.3, -0.25) is 9.36 Å². The molecule has 3 heterocycles. The number of piperazine rings is 1. The van der Waals surface area contributed by atoms with Gasteiger partial charge in [-0.25, -0.2) is 4.98 Å². The number of hydrogen-bond donors (Lipinski definition) is 1. The molecule has 2 fully saturated rings. The maximum atomic E-state index is 13.1. The monoisotopic (exact) mass is 614 g/mol. The molecule has 0 radical (unpaired) electrons. The fourth-order valence-electron chi connectivity index (χ4n) is 7.30. The number of nitrogens with one attached hydrogen (secondary N) is 1. The Morgan fingerprint density at radius 2 is 1.61 bits per heavy atom. The van der Waals surface area contributed by atoms with Gasteiger partial charge in [0.1, 0.15) is 19.5 Å². The van der Waals surface area contributed by atoms with Gasteiger partial charge in [-0.2, -0.15) is 4.98 Å². The molecule has 0 amide bonds. The van der Waals surface area contributed by atoms with Crippen LogP contribution in [0.2, 0.25) is 16.6 Å². The Balaban J connectivity index is 1.48. The molecule has 0 bridgehead atoms. The Hall–Kier alpha value is -3.35. The number of nitrogens with zero attached hydrogens (tertiary/aromatic N) is 5. The SMILES string of the molecule is CC(C)[Si](C#Cc1cc(=O)n(C)c2nc(Nc3ccc(N4CCN(C)CC4)c(OC4CCCC4)c3)ncc12)(C(C)C)C(C)C. The van der Waals surface area contributed by atoms with E-state index >= 15 is 0 Å². The van der Waals surface area contributed by atoms with E-state index in [-0.39, 0.29) is 11.7 Å². The number of ether oxygens (including phenoxy) is 1. The highest BCUT2D eigenvalue weighted by Crippen LogP contribution is 2.41. The van der Waals surface area contributed by atoms with E-state index in [0.29, 0.717) is 33.8 Å². The van der Waals surface area contributed by atoms with Crippen molar-refractivity contribution in [3.63, 3.8) is 0 Å². The summed E-state index contributed by atoms with van der Waals surface area (Å²) in [6, 6.07) is 7.93. The zero-order valence-electron chi connectivity index (χ0n) is 27.9. The van der Waals surface area contributed by atoms with Gasteiger partial charge in [0.15, 0.2) is 0 Å². The molecule has 1 aromatic carbocycles. The van der Waals surface area contributed by atoms with Crippen LogP contribution in [-0.4, -0.2) is 66.8 Å². The third-order valence-electron chi connectivity index (χ3n) is 9.91. The first kappa shape index (κ1) is 32.1. The van der Waals surface area contributed by atoms with Crippen LogP contribution in [0.4, 0.5) is 17.3 Å². The van der Waals surface area contributed by atoms with Crippen LogP contribution in [0.5, 0.6) is 5.75 Å². The maximum absolute atomic E-state index is 13.1. The van der Waals surface area contributed by atoms with Crippen molar-refractivity contribution in [2.24, 2.45) is 7.05 Å². The number of anilines is 3. The second-order valence-electron chi connectivity index (χ2n) is 13.7. The number of fused-ring (bicyclic) bond motifs is 1. The van der Waals surface area contributed by atoms with Crippen LogP contribution in [0, 0.1) is 11.5 Å². The van der Waals surface area contributed by atoms with Crippen molar-refractivity contribution in [2.75, 3.05) is 43.4 Å². The maximum Gasteiger partial charge on any atom is 0.253 e. The Kier molecular flexibility index (Phi) is 9.71. The van der Waals surface area contributed by atoms with E-state index < -0.39 is 8.07 Å². The molecule has 5 rings (SSSR count). The minimum absolute atomic E-state index is 0.124. The Morgan fingerprint density at radius 3 is 2.25 bits per heavy atom. The molecule has 1 aliphatic carbocycles. The fourth-order valence-corrected chi connectivity index (χ4v) is 12.5. The molecule has 3 aromatic rings. The van der Waals surface area contributed by atoms with Crippen LogP contribution in [0.3, 0.4) is 0 Å². The van der Waals surface area contributed by atoms with Crippen LogP contribution < -0.4 is 20.5 Å². The standard InChI is InChI=1S/C35H50N6O2Si/c1-24(2)44(25(3)4,26(5)6)20-15-27-21-33(42)40(8)34-30(27)23-36-35(38-34)37-28-13-14-31(41-18-16-39(7)17-19-41)32(22-28)43-29-11-9-10-12-29/h13-14,21-26,29H,9-12,16-19H2,1-8H3,(H,36,37,38). The largest absolute Gasteiger partial charge is 0.488 e. The van der Waals surface area contributed by atoms with Crippen molar-refractivity contribution < 1.29 is 4.74 Å². The van der Waals surface area contributed by atoms with E-state index in [0.717, 1.165) is 61.5 Å². The summed E-state index contributed by atoms with van der Waals surface area (Å²) in [6.07, 6.45) is 6.69. The normalized spacial score (nSPS) is 16.7. The number of aromatic nitrogens is 3. The lowest BCUT2D eigenvalue weighted by molar-refractivity contribution is 0.210. The molecule has 1 N–H and O–H groups in total. The number of rotatable bonds is 8. The van der Waals surface area contributed by atoms with E-state index in [2.05, 4.69) is 98.4 Å². The lowest BCUT2D eigenvalue weighted by atomic mass is 10.2. The van der Waals surface area contributed by atoms with Crippen molar-refractivity contribution in [3.8, 4) is 17.2 Å². The third-order valence-corrected chi connectivity index (χ3v) is 16.2. The highest BCUT2D eigenvalue weighted by Gasteiger charge is 2.41. The predicted molar refractivity (Wildman–Crippen MR) is 185 cm³/mol. The van der Waals surface area contributed by atoms with E-state index in [4.69, 9.17) is 9.72 Å². The lowest BCUT2D eigenvalue weighted by Crippen LogP contribution is -2.44. The lowest BCUT2D eigenvalue weighted by Gasteiger charge is -2.38. The molecule has 8 nitrogen and oxygen atoms in total. The summed E-state index contributed by atoms with van der Waals surface area (Å²) in [5.41, 5.74) is 8.43. The molecule has 1 aliphatic heterocycles. The second-order valence-corrected chi connectivity index (χ2v) is 19.2. The molecule has 2 aliphatic rings. The number of likely N-dealkylation sites (N-methyl/N-ethyl adjacent to an activating group) is 1. The van der Waals surface area contributed by atoms with Gasteiger partial charge in [0.25, 0.3) is 5.56 Å². The molecule has 9 heteroatoms. The van der Waals surface area contributed by atoms with Gasteiger partial charge in [0.2, 0.25) is 5.95 Å². The van der Waals surface area contributed by atoms with Gasteiger partial charge in [0, 0.05) is 62.8 Å². The summed E-state index contributed by atoms with van der Waals surface area (Å²) in [5, 5.41) is 4.18. The number of hydrogen-bond acceptors (Lipinski definition) is 7. The fraction of sp³-hybridized carbons (Fsp3) is 0.571. The summed E-state index contributed by atoms with van der Waals surface area (Å²) < 4.78 is 8.18. The van der Waals surface area contributed by atoms with Gasteiger partial charge in [-0.05, 0) is 61.5 Å². The van der Waals surface area contributed by atoms with Gasteiger partial charge < -0.3 is 19.9 Å². The van der Waals surface area contributed by atoms with Gasteiger partial charge >= 0.3 is 0 Å². The zero-order chi connectivity index (χ0) is 31.6. The molecule has 0 spiro atoms. The minimum Gasteiger partial charge on any atom is -0.488 e. The molecule has 1 saturated heterocycles. The molecule has 2 aromatic heterocycles. The minimum atomic E-state index is -1.97. The molecule has 1 saturated carbocycles. The molecule has 0 unspecified atom stereocenters. The average molecular weight is 615 g/mol. The van der Waals surface area contributed by atoms with Gasteiger partial charge in [-0.15, -0.1) is 5.54 Å². The Morgan fingerprint density at radius 1 is 0.955 bits per heavy atom. The first-order chi connectivity index (χ1) is 21.0. The summed E-state index contributed by atoms with van der Waals surface area (Å²) in [5.74, 6) is 4.81. The van der Waals surface area contributed by atoms with Crippen LogP contribution in [-0.2, 0) is 7.05 Å². The Labute approximate surface area is 264 Å². The summed E-state index contributed by atoms with van der Waals surface area (Å²) in [6.45, 7) is 17.8. The summed E-state index contributed by atoms with van der Waals surface area (Å²) in [7, 11) is 1.96. The molecular formula is C35H50N6O2Si. The van der Waals surface area contributed by atoms with Crippen LogP contribution in [0.25, 0.3) is 11.0 Å². The molecule has 44 heavy (non-hydrogen) atoms. The second kappa shape index (κ2) is 13.3. The highest BCUT2D eigenvalue weighted by molar-refractivity contribution is 6.90. The first-order valence-corrected chi connectivity index (χ1v) is 18.6. The average Bonchev–Trinajstić information content (AvgIpc) is 3.49. The van der Waals surface area contributed by atoms with E-state index in [1.54, 1.807) is 23.9 Å². The van der Waals surface area contributed by atoms with Crippen molar-refractivity contribution >= 4 is 36.4 Å². The number of benzene rings is 1. The first-order valence-electron chi connectivity index (χ1n) is 16.4. The van der Waals surface area contributed by atoms with Crippen molar-refractivity contribution in [2.45, 2.75) is 90.0 Å². The smallest absolute Gasteiger partial charge is 0.253 e. The molecule has 236 valence electrons. The Bertz CT molecular complexity index is 1570. The van der Waals surface area contributed by atoms with Crippen molar-refractivity contribution in [3.05, 3.63) is 46.4 Å². The topological polar surface area (TPSA) is 75.5 Å². The van der Waals surface area contributed by atoms with E-state index in [9.17, 15) is 4.79 Å². The van der Waals surface area contributed by atoms with Crippen molar-refractivity contribution in [1.29, 1.82) is 0 Å². The highest BCUT2D eigenvalue weighted by atomic mass is 28.3. The summed E-state index contributed by atoms with van der Waals surface area (Å²) >= 11 is 0. The molecule has 0 atom stereocenters. The van der Waals surface area contributed by atoms with E-state index in [1.165, 1.54) is 12.8 Å². The summed E-state index contributed by atoms with van der Waals surface area (Å²) in [4.78, 5) is 27.4. The third kappa shape index (κ3) is 6.52. The van der Waals surface area contributed by atoms with Crippen LogP contribution >= 0.6 is 0 Å². The predicted octanol–water partition coefficient (Wildman–Crippen LogP) is 6.71. The number of aryl methyl sites for hydroxylation is 1. The number of pyridine rings is 1. The molecular weight excluding hydrogens is 565 g/mol. The van der Waals surface area contributed by atoms with Crippen molar-refractivity contribution in [1.82, 2.24) is 19.4 Å². The zero-order valence-corrected chi connectivity index (χ0v) is 28.9. The van der Waals surface area contributed by atoms with E-state index in [1.807, 2.05) is 0 Å². The van der Waals surface area contributed by atoms with Gasteiger partial charge in [-0.1, -0.05) is 47.5 Å². The van der Waals surface area contributed by atoms with Crippen LogP contribution in [0.1, 0.15) is 72.8 Å².